The molecule has 1 amide bonds. The van der Waals surface area contributed by atoms with Gasteiger partial charge in [-0.2, -0.15) is 0 Å². The van der Waals surface area contributed by atoms with E-state index in [1.54, 1.807) is 0 Å². The van der Waals surface area contributed by atoms with Gasteiger partial charge in [0.05, 0.1) is 0 Å². The molecule has 0 aliphatic carbocycles. The average molecular weight is 224 g/mol. The number of carbonyl (C=O) groups is 2. The maximum atomic E-state index is 12.2. The first-order valence-corrected chi connectivity index (χ1v) is 6.13. The van der Waals surface area contributed by atoms with Gasteiger partial charge in [-0.25, -0.2) is 0 Å². The smallest absolute Gasteiger partial charge is 0.225 e. The summed E-state index contributed by atoms with van der Waals surface area (Å²) in [4.78, 5) is 27.0. The number of rotatable bonds is 2. The van der Waals surface area contributed by atoms with E-state index in [-0.39, 0.29) is 17.7 Å². The molecule has 0 aromatic carbocycles. The second kappa shape index (κ2) is 4.95. The van der Waals surface area contributed by atoms with Crippen LogP contribution in [0.25, 0.3) is 0 Å². The van der Waals surface area contributed by atoms with Crippen LogP contribution in [0.4, 0.5) is 0 Å². The van der Waals surface area contributed by atoms with Crippen LogP contribution in [0.5, 0.6) is 0 Å². The largest absolute Gasteiger partial charge is 0.342 e. The minimum Gasteiger partial charge on any atom is -0.342 e. The zero-order chi connectivity index (χ0) is 11.5. The fourth-order valence-corrected chi connectivity index (χ4v) is 2.61. The molecular weight excluding hydrogens is 204 g/mol. The van der Waals surface area contributed by atoms with E-state index < -0.39 is 0 Å². The molecule has 2 aliphatic rings. The summed E-state index contributed by atoms with van der Waals surface area (Å²) in [6, 6.07) is 0. The van der Waals surface area contributed by atoms with E-state index in [1.165, 1.54) is 0 Å². The van der Waals surface area contributed by atoms with Gasteiger partial charge in [-0.15, -0.1) is 0 Å². The molecule has 0 N–H and O–H groups in total. The first-order valence-electron chi connectivity index (χ1n) is 6.13. The lowest BCUT2D eigenvalue weighted by molar-refractivity contribution is -0.136. The third-order valence-electron chi connectivity index (χ3n) is 3.80. The van der Waals surface area contributed by atoms with Gasteiger partial charge in [-0.1, -0.05) is 0 Å². The van der Waals surface area contributed by atoms with Crippen LogP contribution in [0.2, 0.25) is 0 Å². The number of likely N-dealkylation sites (tertiary alicyclic amines) is 2. The lowest BCUT2D eigenvalue weighted by Crippen LogP contribution is -2.40. The van der Waals surface area contributed by atoms with Gasteiger partial charge in [0.2, 0.25) is 5.91 Å². The van der Waals surface area contributed by atoms with E-state index >= 15 is 0 Å². The van der Waals surface area contributed by atoms with E-state index in [0.717, 1.165) is 45.2 Å². The Hall–Kier alpha value is -0.900. The fraction of sp³-hybridized carbons (Fsp3) is 0.833. The lowest BCUT2D eigenvalue weighted by Gasteiger charge is -2.30. The van der Waals surface area contributed by atoms with Crippen molar-refractivity contribution in [3.63, 3.8) is 0 Å². The van der Waals surface area contributed by atoms with E-state index in [1.807, 2.05) is 4.90 Å². The van der Waals surface area contributed by atoms with Crippen LogP contribution in [0, 0.1) is 11.8 Å². The van der Waals surface area contributed by atoms with Crippen molar-refractivity contribution in [2.24, 2.45) is 11.8 Å². The second-order valence-electron chi connectivity index (χ2n) is 5.05. The van der Waals surface area contributed by atoms with Gasteiger partial charge in [0.15, 0.2) is 0 Å². The predicted octanol–water partition coefficient (Wildman–Crippen LogP) is 0.376. The van der Waals surface area contributed by atoms with E-state index in [4.69, 9.17) is 0 Å². The van der Waals surface area contributed by atoms with Crippen molar-refractivity contribution in [2.45, 2.75) is 19.3 Å². The zero-order valence-corrected chi connectivity index (χ0v) is 9.89. The lowest BCUT2D eigenvalue weighted by atomic mass is 9.96. The summed E-state index contributed by atoms with van der Waals surface area (Å²) >= 11 is 0. The molecule has 2 fully saturated rings. The van der Waals surface area contributed by atoms with Crippen LogP contribution in [-0.4, -0.2) is 55.2 Å². The van der Waals surface area contributed by atoms with Crippen molar-refractivity contribution < 1.29 is 9.59 Å². The molecule has 2 rings (SSSR count). The third kappa shape index (κ3) is 2.43. The highest BCUT2D eigenvalue weighted by atomic mass is 16.2. The summed E-state index contributed by atoms with van der Waals surface area (Å²) in [7, 11) is 2.10. The third-order valence-corrected chi connectivity index (χ3v) is 3.80. The highest BCUT2D eigenvalue weighted by Gasteiger charge is 2.31. The first-order chi connectivity index (χ1) is 7.70. The Morgan fingerprint density at radius 2 is 1.88 bits per heavy atom. The maximum Gasteiger partial charge on any atom is 0.225 e. The molecule has 0 aromatic rings. The minimum absolute atomic E-state index is 0.0789. The highest BCUT2D eigenvalue weighted by molar-refractivity contribution is 5.79. The van der Waals surface area contributed by atoms with Gasteiger partial charge in [-0.05, 0) is 39.4 Å². The summed E-state index contributed by atoms with van der Waals surface area (Å²) in [6.07, 6.45) is 3.78. The topological polar surface area (TPSA) is 40.6 Å². The molecule has 0 radical (unpaired) electrons. The molecule has 4 nitrogen and oxygen atoms in total. The summed E-state index contributed by atoms with van der Waals surface area (Å²) in [5.41, 5.74) is 0. The molecule has 16 heavy (non-hydrogen) atoms. The number of aldehydes is 1. The van der Waals surface area contributed by atoms with Crippen molar-refractivity contribution in [3.05, 3.63) is 0 Å². The molecular formula is C12H20N2O2. The van der Waals surface area contributed by atoms with Gasteiger partial charge < -0.3 is 14.6 Å². The van der Waals surface area contributed by atoms with Crippen molar-refractivity contribution in [3.8, 4) is 0 Å². The Morgan fingerprint density at radius 3 is 2.44 bits per heavy atom. The summed E-state index contributed by atoms with van der Waals surface area (Å²) in [5, 5.41) is 0. The van der Waals surface area contributed by atoms with Crippen LogP contribution in [0.3, 0.4) is 0 Å². The molecule has 4 heteroatoms. The summed E-state index contributed by atoms with van der Waals surface area (Å²) in [5.74, 6) is 0.550. The first kappa shape index (κ1) is 11.6. The van der Waals surface area contributed by atoms with E-state index in [0.29, 0.717) is 6.54 Å². The average Bonchev–Trinajstić information content (AvgIpc) is 2.77. The molecule has 0 unspecified atom stereocenters. The Kier molecular flexibility index (Phi) is 3.59. The number of hydrogen-bond acceptors (Lipinski definition) is 3. The fourth-order valence-electron chi connectivity index (χ4n) is 2.61. The normalized spacial score (nSPS) is 28.3. The Balaban J connectivity index is 1.86. The molecule has 0 aromatic heterocycles. The Labute approximate surface area is 96.6 Å². The molecule has 1 atom stereocenters. The minimum atomic E-state index is 0.0789. The van der Waals surface area contributed by atoms with Gasteiger partial charge in [0, 0.05) is 24.9 Å². The molecule has 2 heterocycles. The molecule has 0 bridgehead atoms. The number of hydrogen-bond donors (Lipinski definition) is 0. The summed E-state index contributed by atoms with van der Waals surface area (Å²) in [6.45, 7) is 3.45. The number of nitrogens with zero attached hydrogens (tertiary/aromatic N) is 2. The van der Waals surface area contributed by atoms with Gasteiger partial charge in [0.25, 0.3) is 0 Å². The van der Waals surface area contributed by atoms with Gasteiger partial charge in [0.1, 0.15) is 6.29 Å². The monoisotopic (exact) mass is 224 g/mol. The standard InChI is InChI=1S/C12H20N2O2/c1-13-5-3-11(4-6-13)12(16)14-7-2-10(8-14)9-15/h9-11H,2-8H2,1H3/t10-/m0/s1. The van der Waals surface area contributed by atoms with Crippen LogP contribution in [0.15, 0.2) is 0 Å². The van der Waals surface area contributed by atoms with Crippen LogP contribution < -0.4 is 0 Å². The molecule has 2 aliphatic heterocycles. The van der Waals surface area contributed by atoms with Crippen molar-refractivity contribution >= 4 is 12.2 Å². The second-order valence-corrected chi connectivity index (χ2v) is 5.05. The van der Waals surface area contributed by atoms with Crippen molar-refractivity contribution in [1.82, 2.24) is 9.80 Å². The van der Waals surface area contributed by atoms with E-state index in [2.05, 4.69) is 11.9 Å². The molecule has 0 saturated carbocycles. The zero-order valence-electron chi connectivity index (χ0n) is 9.89. The number of carbonyl (C=O) groups excluding carboxylic acids is 2. The summed E-state index contributed by atoms with van der Waals surface area (Å²) < 4.78 is 0. The van der Waals surface area contributed by atoms with Crippen molar-refractivity contribution in [1.29, 1.82) is 0 Å². The van der Waals surface area contributed by atoms with E-state index in [9.17, 15) is 9.59 Å². The quantitative estimate of drug-likeness (QED) is 0.637. The molecule has 2 saturated heterocycles. The maximum absolute atomic E-state index is 12.2. The Bertz CT molecular complexity index is 272. The van der Waals surface area contributed by atoms with Crippen LogP contribution in [-0.2, 0) is 9.59 Å². The Morgan fingerprint density at radius 1 is 1.19 bits per heavy atom. The number of piperidine rings is 1. The van der Waals surface area contributed by atoms with Crippen LogP contribution >= 0.6 is 0 Å². The molecule has 90 valence electrons. The molecule has 0 spiro atoms. The van der Waals surface area contributed by atoms with Crippen molar-refractivity contribution in [2.75, 3.05) is 33.2 Å². The van der Waals surface area contributed by atoms with Crippen LogP contribution in [0.1, 0.15) is 19.3 Å². The predicted molar refractivity (Wildman–Crippen MR) is 61.0 cm³/mol. The number of amides is 1. The van der Waals surface area contributed by atoms with Gasteiger partial charge >= 0.3 is 0 Å². The SMILES string of the molecule is CN1CCC(C(=O)N2CC[C@H](C=O)C2)CC1. The van der Waals surface area contributed by atoms with Gasteiger partial charge in [-0.3, -0.25) is 4.79 Å². The highest BCUT2D eigenvalue weighted by Crippen LogP contribution is 2.22.